The van der Waals surface area contributed by atoms with Crippen molar-refractivity contribution in [2.24, 2.45) is 0 Å². The van der Waals surface area contributed by atoms with Crippen LogP contribution >= 0.6 is 15.9 Å². The summed E-state index contributed by atoms with van der Waals surface area (Å²) in [5.41, 5.74) is 0.551. The van der Waals surface area contributed by atoms with Crippen molar-refractivity contribution in [2.45, 2.75) is 30.0 Å². The zero-order valence-electron chi connectivity index (χ0n) is 10.7. The van der Waals surface area contributed by atoms with E-state index in [1.807, 2.05) is 6.92 Å². The van der Waals surface area contributed by atoms with Gasteiger partial charge in [-0.25, -0.2) is 17.1 Å². The molecule has 6 heteroatoms. The molecule has 1 rings (SSSR count). The topological polar surface area (TPSA) is 37.4 Å². The molecule has 0 fully saturated rings. The number of hydrogen-bond donors (Lipinski definition) is 0. The van der Waals surface area contributed by atoms with Crippen LogP contribution in [0.2, 0.25) is 0 Å². The molecule has 0 radical (unpaired) electrons. The van der Waals surface area contributed by atoms with Crippen LogP contribution in [0.4, 0.5) is 4.39 Å². The first-order valence-electron chi connectivity index (χ1n) is 5.61. The molecule has 0 spiro atoms. The van der Waals surface area contributed by atoms with E-state index in [0.29, 0.717) is 18.5 Å². The molecule has 0 saturated heterocycles. The van der Waals surface area contributed by atoms with Gasteiger partial charge in [0.1, 0.15) is 5.82 Å². The van der Waals surface area contributed by atoms with Crippen LogP contribution in [0.25, 0.3) is 0 Å². The van der Waals surface area contributed by atoms with Gasteiger partial charge in [0.05, 0.1) is 4.90 Å². The minimum absolute atomic E-state index is 0.0345. The Labute approximate surface area is 116 Å². The molecule has 1 aromatic carbocycles. The van der Waals surface area contributed by atoms with Gasteiger partial charge in [0.2, 0.25) is 10.0 Å². The monoisotopic (exact) mass is 337 g/mol. The van der Waals surface area contributed by atoms with Gasteiger partial charge in [-0.3, -0.25) is 0 Å². The van der Waals surface area contributed by atoms with Crippen molar-refractivity contribution >= 4 is 26.0 Å². The summed E-state index contributed by atoms with van der Waals surface area (Å²) in [5, 5.41) is 0. The summed E-state index contributed by atoms with van der Waals surface area (Å²) in [6.07, 6.45) is 0.699. The Morgan fingerprint density at radius 3 is 2.61 bits per heavy atom. The molecule has 102 valence electrons. The first kappa shape index (κ1) is 15.6. The second-order valence-electron chi connectivity index (χ2n) is 4.31. The lowest BCUT2D eigenvalue weighted by Crippen LogP contribution is -2.29. The molecule has 0 aliphatic heterocycles. The largest absolute Gasteiger partial charge is 0.243 e. The molecule has 1 atom stereocenters. The van der Waals surface area contributed by atoms with Gasteiger partial charge in [-0.15, -0.1) is 0 Å². The first-order valence-corrected chi connectivity index (χ1v) is 7.97. The van der Waals surface area contributed by atoms with Gasteiger partial charge in [0.25, 0.3) is 0 Å². The fourth-order valence-electron chi connectivity index (χ4n) is 1.50. The summed E-state index contributed by atoms with van der Waals surface area (Å²) in [5.74, 6) is -0.540. The lowest BCUT2D eigenvalue weighted by Gasteiger charge is -2.19. The highest BCUT2D eigenvalue weighted by Gasteiger charge is 2.23. The van der Waals surface area contributed by atoms with Crippen LogP contribution in [0.3, 0.4) is 0 Å². The summed E-state index contributed by atoms with van der Waals surface area (Å²) in [4.78, 5) is 0.274. The third-order valence-corrected chi connectivity index (χ3v) is 5.14. The predicted octanol–water partition coefficient (Wildman–Crippen LogP) is 2.93. The number of aryl methyl sites for hydroxylation is 1. The van der Waals surface area contributed by atoms with Gasteiger partial charge in [0.15, 0.2) is 0 Å². The smallest absolute Gasteiger partial charge is 0.207 e. The molecule has 0 heterocycles. The van der Waals surface area contributed by atoms with Crippen molar-refractivity contribution < 1.29 is 12.8 Å². The Morgan fingerprint density at radius 1 is 1.44 bits per heavy atom. The van der Waals surface area contributed by atoms with Gasteiger partial charge in [-0.05, 0) is 31.0 Å². The van der Waals surface area contributed by atoms with Crippen molar-refractivity contribution in [3.8, 4) is 0 Å². The number of halogens is 2. The van der Waals surface area contributed by atoms with E-state index in [-0.39, 0.29) is 9.72 Å². The van der Waals surface area contributed by atoms with E-state index in [2.05, 4.69) is 15.9 Å². The molecular formula is C12H17BrFNO2S. The Bertz CT molecular complexity index is 517. The van der Waals surface area contributed by atoms with Crippen LogP contribution in [-0.4, -0.2) is 31.1 Å². The normalized spacial score (nSPS) is 13.9. The second kappa shape index (κ2) is 6.12. The Hall–Kier alpha value is -0.460. The molecule has 1 aromatic rings. The SMILES string of the molecule is Cc1ccc(F)cc1S(=O)(=O)N(C)CCC(C)Br. The third kappa shape index (κ3) is 3.76. The third-order valence-electron chi connectivity index (χ3n) is 2.68. The Kier molecular flexibility index (Phi) is 5.31. The van der Waals surface area contributed by atoms with E-state index in [1.165, 1.54) is 23.5 Å². The highest BCUT2D eigenvalue weighted by Crippen LogP contribution is 2.20. The maximum absolute atomic E-state index is 13.2. The van der Waals surface area contributed by atoms with Gasteiger partial charge < -0.3 is 0 Å². The molecule has 0 aliphatic rings. The van der Waals surface area contributed by atoms with Crippen LogP contribution < -0.4 is 0 Å². The lowest BCUT2D eigenvalue weighted by molar-refractivity contribution is 0.461. The molecule has 0 bridgehead atoms. The first-order chi connectivity index (χ1) is 8.25. The van der Waals surface area contributed by atoms with E-state index in [4.69, 9.17) is 0 Å². The number of hydrogen-bond acceptors (Lipinski definition) is 2. The fraction of sp³-hybridized carbons (Fsp3) is 0.500. The average molecular weight is 338 g/mol. The number of nitrogens with zero attached hydrogens (tertiary/aromatic N) is 1. The average Bonchev–Trinajstić information content (AvgIpc) is 2.28. The standard InChI is InChI=1S/C12H17BrFNO2S/c1-9-4-5-11(14)8-12(9)18(16,17)15(3)7-6-10(2)13/h4-5,8,10H,6-7H2,1-3H3. The number of benzene rings is 1. The van der Waals surface area contributed by atoms with Gasteiger partial charge in [0, 0.05) is 18.4 Å². The maximum Gasteiger partial charge on any atom is 0.243 e. The summed E-state index contributed by atoms with van der Waals surface area (Å²) in [7, 11) is -2.11. The van der Waals surface area contributed by atoms with E-state index < -0.39 is 15.8 Å². The quantitative estimate of drug-likeness (QED) is 0.774. The van der Waals surface area contributed by atoms with E-state index in [0.717, 1.165) is 6.07 Å². The zero-order valence-corrected chi connectivity index (χ0v) is 13.1. The zero-order chi connectivity index (χ0) is 13.9. The number of alkyl halides is 1. The minimum atomic E-state index is -3.62. The van der Waals surface area contributed by atoms with E-state index in [1.54, 1.807) is 6.92 Å². The number of rotatable bonds is 5. The van der Waals surface area contributed by atoms with Gasteiger partial charge >= 0.3 is 0 Å². The highest BCUT2D eigenvalue weighted by molar-refractivity contribution is 9.09. The maximum atomic E-state index is 13.2. The number of sulfonamides is 1. The summed E-state index contributed by atoms with van der Waals surface area (Å²) >= 11 is 3.37. The molecular weight excluding hydrogens is 321 g/mol. The van der Waals surface area contributed by atoms with Crippen molar-refractivity contribution in [1.82, 2.24) is 4.31 Å². The lowest BCUT2D eigenvalue weighted by atomic mass is 10.2. The van der Waals surface area contributed by atoms with Gasteiger partial charge in [-0.1, -0.05) is 28.9 Å². The second-order valence-corrected chi connectivity index (χ2v) is 7.88. The molecule has 1 unspecified atom stereocenters. The van der Waals surface area contributed by atoms with Crippen molar-refractivity contribution in [1.29, 1.82) is 0 Å². The molecule has 0 amide bonds. The molecule has 0 N–H and O–H groups in total. The van der Waals surface area contributed by atoms with Crippen molar-refractivity contribution in [3.63, 3.8) is 0 Å². The molecule has 0 aliphatic carbocycles. The summed E-state index contributed by atoms with van der Waals surface area (Å²) in [6.45, 7) is 4.01. The molecule has 0 aromatic heterocycles. The fourth-order valence-corrected chi connectivity index (χ4v) is 3.12. The van der Waals surface area contributed by atoms with Crippen LogP contribution in [0.1, 0.15) is 18.9 Å². The van der Waals surface area contributed by atoms with Crippen LogP contribution in [0.5, 0.6) is 0 Å². The highest BCUT2D eigenvalue weighted by atomic mass is 79.9. The molecule has 3 nitrogen and oxygen atoms in total. The summed E-state index contributed by atoms with van der Waals surface area (Å²) in [6, 6.07) is 3.80. The van der Waals surface area contributed by atoms with Crippen molar-refractivity contribution in [2.75, 3.05) is 13.6 Å². The van der Waals surface area contributed by atoms with Gasteiger partial charge in [-0.2, -0.15) is 0 Å². The Balaban J connectivity index is 3.02. The summed E-state index contributed by atoms with van der Waals surface area (Å²) < 4.78 is 38.9. The van der Waals surface area contributed by atoms with Crippen molar-refractivity contribution in [3.05, 3.63) is 29.6 Å². The molecule has 18 heavy (non-hydrogen) atoms. The molecule has 0 saturated carbocycles. The van der Waals surface area contributed by atoms with Crippen LogP contribution in [0, 0.1) is 12.7 Å². The van der Waals surface area contributed by atoms with E-state index >= 15 is 0 Å². The van der Waals surface area contributed by atoms with Crippen LogP contribution in [0.15, 0.2) is 23.1 Å². The minimum Gasteiger partial charge on any atom is -0.207 e. The van der Waals surface area contributed by atoms with E-state index in [9.17, 15) is 12.8 Å². The predicted molar refractivity (Wildman–Crippen MR) is 74.0 cm³/mol. The Morgan fingerprint density at radius 2 is 2.06 bits per heavy atom. The van der Waals surface area contributed by atoms with Crippen LogP contribution in [-0.2, 0) is 10.0 Å².